The summed E-state index contributed by atoms with van der Waals surface area (Å²) >= 11 is 5.87. The first kappa shape index (κ1) is 16.7. The molecule has 6 nitrogen and oxygen atoms in total. The number of hydrogen-bond donors (Lipinski definition) is 2. The number of carboxylic acids is 1. The lowest BCUT2D eigenvalue weighted by atomic mass is 10.2. The average molecular weight is 322 g/mol. The fraction of sp³-hybridized carbons (Fsp3) is 0.417. The van der Waals surface area contributed by atoms with Crippen molar-refractivity contribution >= 4 is 27.6 Å². The lowest BCUT2D eigenvalue weighted by Gasteiger charge is -2.11. The number of carboxylic acid groups (broad SMARTS) is 1. The van der Waals surface area contributed by atoms with Crippen LogP contribution >= 0.6 is 11.6 Å². The largest absolute Gasteiger partial charge is 0.480 e. The molecule has 2 N–H and O–H groups in total. The van der Waals surface area contributed by atoms with Crippen LogP contribution in [0.4, 0.5) is 0 Å². The third-order valence-corrected chi connectivity index (χ3v) is 3.96. The molecule has 0 heterocycles. The van der Waals surface area contributed by atoms with Gasteiger partial charge in [0.1, 0.15) is 5.75 Å². The van der Waals surface area contributed by atoms with E-state index in [0.29, 0.717) is 6.54 Å². The Morgan fingerprint density at radius 2 is 2.10 bits per heavy atom. The molecule has 8 heteroatoms. The minimum absolute atomic E-state index is 0.00539. The van der Waals surface area contributed by atoms with E-state index >= 15 is 0 Å². The maximum absolute atomic E-state index is 12.0. The number of benzene rings is 1. The van der Waals surface area contributed by atoms with E-state index < -0.39 is 22.6 Å². The summed E-state index contributed by atoms with van der Waals surface area (Å²) in [5, 5.41) is 8.54. The molecule has 0 saturated carbocycles. The number of ether oxygens (including phenoxy) is 1. The Morgan fingerprint density at radius 1 is 1.45 bits per heavy atom. The van der Waals surface area contributed by atoms with Crippen molar-refractivity contribution in [2.75, 3.05) is 13.2 Å². The van der Waals surface area contributed by atoms with Gasteiger partial charge in [-0.1, -0.05) is 25.4 Å². The van der Waals surface area contributed by atoms with Gasteiger partial charge in [0.2, 0.25) is 10.0 Å². The normalized spacial score (nSPS) is 11.6. The first-order valence-electron chi connectivity index (χ1n) is 5.86. The zero-order valence-electron chi connectivity index (χ0n) is 11.1. The van der Waals surface area contributed by atoms with Crippen LogP contribution in [0.2, 0.25) is 5.02 Å². The molecule has 20 heavy (non-hydrogen) atoms. The van der Waals surface area contributed by atoms with Crippen molar-refractivity contribution in [3.05, 3.63) is 23.2 Å². The van der Waals surface area contributed by atoms with E-state index in [1.807, 2.05) is 13.8 Å². The fourth-order valence-corrected chi connectivity index (χ4v) is 2.80. The Kier molecular flexibility index (Phi) is 5.79. The lowest BCUT2D eigenvalue weighted by Crippen LogP contribution is -2.27. The van der Waals surface area contributed by atoms with E-state index in [9.17, 15) is 13.2 Å². The first-order chi connectivity index (χ1) is 9.22. The minimum atomic E-state index is -3.63. The number of rotatable bonds is 7. The number of carbonyl (C=O) groups is 1. The number of aliphatic carboxylic acids is 1. The fourth-order valence-electron chi connectivity index (χ4n) is 1.26. The lowest BCUT2D eigenvalue weighted by molar-refractivity contribution is -0.139. The van der Waals surface area contributed by atoms with Crippen LogP contribution in [0.3, 0.4) is 0 Å². The van der Waals surface area contributed by atoms with Crippen molar-refractivity contribution < 1.29 is 23.1 Å². The summed E-state index contributed by atoms with van der Waals surface area (Å²) < 4.78 is 31.3. The van der Waals surface area contributed by atoms with Crippen molar-refractivity contribution in [1.29, 1.82) is 0 Å². The molecule has 0 atom stereocenters. The molecular weight excluding hydrogens is 306 g/mol. The Morgan fingerprint density at radius 3 is 2.60 bits per heavy atom. The third-order valence-electron chi connectivity index (χ3n) is 2.25. The predicted octanol–water partition coefficient (Wildman–Crippen LogP) is 1.74. The number of sulfonamides is 1. The van der Waals surface area contributed by atoms with E-state index in [1.165, 1.54) is 18.2 Å². The van der Waals surface area contributed by atoms with E-state index in [-0.39, 0.29) is 21.6 Å². The second kappa shape index (κ2) is 6.92. The molecule has 0 aromatic heterocycles. The van der Waals surface area contributed by atoms with Gasteiger partial charge in [-0.3, -0.25) is 0 Å². The highest BCUT2D eigenvalue weighted by atomic mass is 35.5. The van der Waals surface area contributed by atoms with Gasteiger partial charge >= 0.3 is 5.97 Å². The van der Waals surface area contributed by atoms with E-state index in [0.717, 1.165) is 0 Å². The van der Waals surface area contributed by atoms with E-state index in [1.54, 1.807) is 0 Å². The zero-order valence-corrected chi connectivity index (χ0v) is 12.7. The number of halogens is 1. The van der Waals surface area contributed by atoms with Gasteiger partial charge < -0.3 is 9.84 Å². The van der Waals surface area contributed by atoms with Gasteiger partial charge in [0.05, 0.1) is 9.92 Å². The average Bonchev–Trinajstić information content (AvgIpc) is 2.34. The van der Waals surface area contributed by atoms with Crippen LogP contribution < -0.4 is 9.46 Å². The van der Waals surface area contributed by atoms with E-state index in [2.05, 4.69) is 4.72 Å². The first-order valence-corrected chi connectivity index (χ1v) is 7.72. The maximum atomic E-state index is 12.0. The standard InChI is InChI=1S/C12H16ClNO5S/c1-8(2)6-14-20(17,18)9-3-4-11(10(13)5-9)19-7-12(15)16/h3-5,8,14H,6-7H2,1-2H3,(H,15,16). The van der Waals surface area contributed by atoms with Crippen molar-refractivity contribution in [3.8, 4) is 5.75 Å². The summed E-state index contributed by atoms with van der Waals surface area (Å²) in [6.45, 7) is 3.55. The topological polar surface area (TPSA) is 92.7 Å². The summed E-state index contributed by atoms with van der Waals surface area (Å²) in [5.41, 5.74) is 0. The summed E-state index contributed by atoms with van der Waals surface area (Å²) in [6, 6.07) is 3.86. The van der Waals surface area contributed by atoms with Crippen LogP contribution in [0, 0.1) is 5.92 Å². The SMILES string of the molecule is CC(C)CNS(=O)(=O)c1ccc(OCC(=O)O)c(Cl)c1. The molecule has 0 bridgehead atoms. The highest BCUT2D eigenvalue weighted by Crippen LogP contribution is 2.27. The highest BCUT2D eigenvalue weighted by molar-refractivity contribution is 7.89. The summed E-state index contributed by atoms with van der Waals surface area (Å²) in [4.78, 5) is 10.4. The van der Waals surface area contributed by atoms with Crippen LogP contribution in [0.1, 0.15) is 13.8 Å². The molecule has 0 saturated heterocycles. The molecule has 0 amide bonds. The Bertz CT molecular complexity index is 586. The molecule has 0 radical (unpaired) electrons. The van der Waals surface area contributed by atoms with Crippen LogP contribution in [-0.4, -0.2) is 32.6 Å². The van der Waals surface area contributed by atoms with E-state index in [4.69, 9.17) is 21.4 Å². The number of hydrogen-bond acceptors (Lipinski definition) is 4. The molecule has 112 valence electrons. The van der Waals surface area contributed by atoms with Gasteiger partial charge in [-0.15, -0.1) is 0 Å². The molecule has 0 unspecified atom stereocenters. The smallest absolute Gasteiger partial charge is 0.341 e. The molecule has 0 fully saturated rings. The molecule has 1 aromatic rings. The molecule has 0 aliphatic carbocycles. The van der Waals surface area contributed by atoms with Gasteiger partial charge in [-0.25, -0.2) is 17.9 Å². The predicted molar refractivity (Wildman–Crippen MR) is 74.6 cm³/mol. The van der Waals surface area contributed by atoms with Crippen LogP contribution in [0.25, 0.3) is 0 Å². The minimum Gasteiger partial charge on any atom is -0.480 e. The van der Waals surface area contributed by atoms with Crippen molar-refractivity contribution in [2.24, 2.45) is 5.92 Å². The summed E-state index contributed by atoms with van der Waals surface area (Å²) in [5.74, 6) is -0.841. The molecule has 0 aliphatic rings. The second-order valence-corrected chi connectivity index (χ2v) is 6.69. The second-order valence-electron chi connectivity index (χ2n) is 4.52. The molecule has 1 rings (SSSR count). The van der Waals surface area contributed by atoms with Gasteiger partial charge in [0.25, 0.3) is 0 Å². The number of nitrogens with one attached hydrogen (secondary N) is 1. The molecule has 0 spiro atoms. The molecule has 1 aromatic carbocycles. The highest BCUT2D eigenvalue weighted by Gasteiger charge is 2.16. The summed E-state index contributed by atoms with van der Waals surface area (Å²) in [7, 11) is -3.63. The maximum Gasteiger partial charge on any atom is 0.341 e. The Balaban J connectivity index is 2.88. The Labute approximate surface area is 122 Å². The monoisotopic (exact) mass is 321 g/mol. The zero-order chi connectivity index (χ0) is 15.3. The van der Waals surface area contributed by atoms with Crippen molar-refractivity contribution in [2.45, 2.75) is 18.7 Å². The van der Waals surface area contributed by atoms with Crippen molar-refractivity contribution in [3.63, 3.8) is 0 Å². The third kappa shape index (κ3) is 4.99. The quantitative estimate of drug-likeness (QED) is 0.798. The van der Waals surface area contributed by atoms with Gasteiger partial charge in [-0.05, 0) is 24.1 Å². The van der Waals surface area contributed by atoms with Crippen molar-refractivity contribution in [1.82, 2.24) is 4.72 Å². The molecular formula is C12H16ClNO5S. The van der Waals surface area contributed by atoms with Crippen LogP contribution in [0.15, 0.2) is 23.1 Å². The summed E-state index contributed by atoms with van der Waals surface area (Å²) in [6.07, 6.45) is 0. The van der Waals surface area contributed by atoms with Gasteiger partial charge in [-0.2, -0.15) is 0 Å². The van der Waals surface area contributed by atoms with Crippen LogP contribution in [0.5, 0.6) is 5.75 Å². The Hall–Kier alpha value is -1.31. The molecule has 0 aliphatic heterocycles. The van der Waals surface area contributed by atoms with Crippen LogP contribution in [-0.2, 0) is 14.8 Å². The van der Waals surface area contributed by atoms with Gasteiger partial charge in [0, 0.05) is 6.54 Å². The van der Waals surface area contributed by atoms with Gasteiger partial charge in [0.15, 0.2) is 6.61 Å².